The number of benzene rings is 1. The van der Waals surface area contributed by atoms with E-state index >= 15 is 0 Å². The van der Waals surface area contributed by atoms with Gasteiger partial charge in [0.1, 0.15) is 0 Å². The molecule has 1 saturated heterocycles. The number of hydrogen-bond acceptors (Lipinski definition) is 2. The maximum Gasteiger partial charge on any atom is 0.0406 e. The fourth-order valence-corrected chi connectivity index (χ4v) is 3.42. The number of nitrogens with zero attached hydrogens (tertiary/aromatic N) is 1. The van der Waals surface area contributed by atoms with Crippen LogP contribution in [0.4, 0.5) is 0 Å². The Bertz CT molecular complexity index is 427. The minimum absolute atomic E-state index is 0.397. The molecule has 2 unspecified atom stereocenters. The van der Waals surface area contributed by atoms with Gasteiger partial charge in [0.2, 0.25) is 0 Å². The van der Waals surface area contributed by atoms with Gasteiger partial charge in [-0.15, -0.1) is 0 Å². The molecule has 3 atom stereocenters. The van der Waals surface area contributed by atoms with Gasteiger partial charge < -0.3 is 5.32 Å². The van der Waals surface area contributed by atoms with Crippen LogP contribution in [0.15, 0.2) is 24.3 Å². The Hall–Kier alpha value is -0.570. The fraction of sp³-hybridized carbons (Fsp3) is 0.625. The third-order valence-electron chi connectivity index (χ3n) is 4.49. The summed E-state index contributed by atoms with van der Waals surface area (Å²) in [4.78, 5) is 2.69. The van der Waals surface area contributed by atoms with Crippen LogP contribution in [-0.2, 0) is 0 Å². The van der Waals surface area contributed by atoms with E-state index in [2.05, 4.69) is 36.2 Å². The van der Waals surface area contributed by atoms with Crippen LogP contribution in [0.2, 0.25) is 5.02 Å². The first-order valence-electron chi connectivity index (χ1n) is 7.40. The van der Waals surface area contributed by atoms with E-state index < -0.39 is 0 Å². The molecule has 0 spiro atoms. The lowest BCUT2D eigenvalue weighted by atomic mass is 10.1. The molecule has 0 aromatic heterocycles. The van der Waals surface area contributed by atoms with Gasteiger partial charge in [-0.2, -0.15) is 0 Å². The summed E-state index contributed by atoms with van der Waals surface area (Å²) in [5, 5.41) is 4.58. The molecule has 1 aliphatic heterocycles. The van der Waals surface area contributed by atoms with Gasteiger partial charge in [-0.25, -0.2) is 0 Å². The summed E-state index contributed by atoms with van der Waals surface area (Å²) in [5.41, 5.74) is 1.32. The van der Waals surface area contributed by atoms with Crippen molar-refractivity contribution in [3.63, 3.8) is 0 Å². The van der Waals surface area contributed by atoms with Crippen molar-refractivity contribution in [2.45, 2.75) is 57.3 Å². The van der Waals surface area contributed by atoms with Crippen LogP contribution in [0.5, 0.6) is 0 Å². The normalized spacial score (nSPS) is 29.6. The third-order valence-corrected chi connectivity index (χ3v) is 4.75. The van der Waals surface area contributed by atoms with E-state index in [-0.39, 0.29) is 0 Å². The monoisotopic (exact) mass is 278 g/mol. The third kappa shape index (κ3) is 3.13. The second kappa shape index (κ2) is 5.43. The Morgan fingerprint density at radius 2 is 1.95 bits per heavy atom. The van der Waals surface area contributed by atoms with Gasteiger partial charge in [0.25, 0.3) is 0 Å². The van der Waals surface area contributed by atoms with Gasteiger partial charge >= 0.3 is 0 Å². The first-order chi connectivity index (χ1) is 9.13. The molecule has 0 amide bonds. The zero-order valence-corrected chi connectivity index (χ0v) is 12.5. The number of halogens is 1. The van der Waals surface area contributed by atoms with Crippen LogP contribution in [0, 0.1) is 0 Å². The van der Waals surface area contributed by atoms with Crippen molar-refractivity contribution in [3.05, 3.63) is 34.9 Å². The predicted octanol–water partition coefficient (Wildman–Crippen LogP) is 3.62. The second-order valence-corrected chi connectivity index (χ2v) is 6.59. The van der Waals surface area contributed by atoms with Crippen LogP contribution in [-0.4, -0.2) is 29.6 Å². The summed E-state index contributed by atoms with van der Waals surface area (Å²) in [6, 6.07) is 10.8. The lowest BCUT2D eigenvalue weighted by molar-refractivity contribution is 0.254. The molecule has 1 saturated carbocycles. The fourth-order valence-electron chi connectivity index (χ4n) is 3.29. The lowest BCUT2D eigenvalue weighted by Gasteiger charge is -2.21. The molecular formula is C16H23ClN2. The maximum absolute atomic E-state index is 5.94. The number of hydrogen-bond donors (Lipinski definition) is 1. The van der Waals surface area contributed by atoms with E-state index in [9.17, 15) is 0 Å². The molecule has 1 aromatic rings. The smallest absolute Gasteiger partial charge is 0.0406 e. The van der Waals surface area contributed by atoms with E-state index in [1.165, 1.54) is 31.4 Å². The minimum atomic E-state index is 0.397. The Morgan fingerprint density at radius 3 is 2.58 bits per heavy atom. The average Bonchev–Trinajstić information content (AvgIpc) is 3.15. The molecule has 0 radical (unpaired) electrons. The van der Waals surface area contributed by atoms with Crippen molar-refractivity contribution >= 4 is 11.6 Å². The van der Waals surface area contributed by atoms with Gasteiger partial charge in [-0.05, 0) is 50.8 Å². The standard InChI is InChI=1S/C16H23ClN2/c1-11-9-15(10-19(11)16-7-8-16)18-12(2)13-3-5-14(17)6-4-13/h3-6,11-12,15-16,18H,7-10H2,1-2H3/t11?,12-,15?/m1/s1. The first-order valence-corrected chi connectivity index (χ1v) is 7.78. The van der Waals surface area contributed by atoms with Crippen molar-refractivity contribution in [2.75, 3.05) is 6.54 Å². The minimum Gasteiger partial charge on any atom is -0.306 e. The van der Waals surface area contributed by atoms with Crippen molar-refractivity contribution in [1.29, 1.82) is 0 Å². The largest absolute Gasteiger partial charge is 0.306 e. The summed E-state index contributed by atoms with van der Waals surface area (Å²) < 4.78 is 0. The van der Waals surface area contributed by atoms with Crippen molar-refractivity contribution in [1.82, 2.24) is 10.2 Å². The van der Waals surface area contributed by atoms with Crippen LogP contribution in [0.3, 0.4) is 0 Å². The highest BCUT2D eigenvalue weighted by atomic mass is 35.5. The van der Waals surface area contributed by atoms with Crippen LogP contribution >= 0.6 is 11.6 Å². The molecule has 19 heavy (non-hydrogen) atoms. The van der Waals surface area contributed by atoms with E-state index in [0.717, 1.165) is 17.1 Å². The van der Waals surface area contributed by atoms with Gasteiger partial charge in [-0.1, -0.05) is 23.7 Å². The van der Waals surface area contributed by atoms with Gasteiger partial charge in [0.15, 0.2) is 0 Å². The SMILES string of the molecule is CC1CC(N[C@H](C)c2ccc(Cl)cc2)CN1C1CC1. The Kier molecular flexibility index (Phi) is 3.84. The average molecular weight is 279 g/mol. The molecule has 0 bridgehead atoms. The Balaban J connectivity index is 1.57. The maximum atomic E-state index is 5.94. The topological polar surface area (TPSA) is 15.3 Å². The van der Waals surface area contributed by atoms with Crippen LogP contribution in [0.1, 0.15) is 44.7 Å². The molecule has 1 heterocycles. The first kappa shape index (κ1) is 13.4. The number of rotatable bonds is 4. The molecule has 1 aliphatic carbocycles. The second-order valence-electron chi connectivity index (χ2n) is 6.15. The molecule has 2 fully saturated rings. The summed E-state index contributed by atoms with van der Waals surface area (Å²) >= 11 is 5.94. The van der Waals surface area contributed by atoms with E-state index in [1.54, 1.807) is 0 Å². The molecule has 104 valence electrons. The summed E-state index contributed by atoms with van der Waals surface area (Å²) in [6.45, 7) is 5.82. The van der Waals surface area contributed by atoms with Gasteiger partial charge in [0, 0.05) is 35.7 Å². The van der Waals surface area contributed by atoms with Gasteiger partial charge in [0.05, 0.1) is 0 Å². The van der Waals surface area contributed by atoms with Crippen molar-refractivity contribution in [2.24, 2.45) is 0 Å². The van der Waals surface area contributed by atoms with Crippen LogP contribution < -0.4 is 5.32 Å². The number of nitrogens with one attached hydrogen (secondary N) is 1. The van der Waals surface area contributed by atoms with E-state index in [1.807, 2.05) is 12.1 Å². The van der Waals surface area contributed by atoms with Crippen molar-refractivity contribution < 1.29 is 0 Å². The van der Waals surface area contributed by atoms with Crippen molar-refractivity contribution in [3.8, 4) is 0 Å². The molecular weight excluding hydrogens is 256 g/mol. The van der Waals surface area contributed by atoms with E-state index in [0.29, 0.717) is 12.1 Å². The quantitative estimate of drug-likeness (QED) is 0.905. The molecule has 1 aromatic carbocycles. The molecule has 2 nitrogen and oxygen atoms in total. The molecule has 3 heteroatoms. The molecule has 3 rings (SSSR count). The zero-order valence-electron chi connectivity index (χ0n) is 11.8. The molecule has 1 N–H and O–H groups in total. The Morgan fingerprint density at radius 1 is 1.26 bits per heavy atom. The highest BCUT2D eigenvalue weighted by Gasteiger charge is 2.38. The van der Waals surface area contributed by atoms with E-state index in [4.69, 9.17) is 11.6 Å². The zero-order chi connectivity index (χ0) is 13.4. The summed E-state index contributed by atoms with van der Waals surface area (Å²) in [7, 11) is 0. The summed E-state index contributed by atoms with van der Waals surface area (Å²) in [6.07, 6.45) is 4.09. The highest BCUT2D eigenvalue weighted by molar-refractivity contribution is 6.30. The predicted molar refractivity (Wildman–Crippen MR) is 80.6 cm³/mol. The summed E-state index contributed by atoms with van der Waals surface area (Å²) in [5.74, 6) is 0. The van der Waals surface area contributed by atoms with Gasteiger partial charge in [-0.3, -0.25) is 4.90 Å². The number of likely N-dealkylation sites (tertiary alicyclic amines) is 1. The van der Waals surface area contributed by atoms with Crippen LogP contribution in [0.25, 0.3) is 0 Å². The molecule has 2 aliphatic rings. The lowest BCUT2D eigenvalue weighted by Crippen LogP contribution is -2.35. The Labute approximate surface area is 121 Å². The highest BCUT2D eigenvalue weighted by Crippen LogP contribution is 2.33.